The summed E-state index contributed by atoms with van der Waals surface area (Å²) < 4.78 is 32.2. The van der Waals surface area contributed by atoms with E-state index in [4.69, 9.17) is 4.74 Å². The quantitative estimate of drug-likeness (QED) is 0.805. The number of nitrogens with one attached hydrogen (secondary N) is 2. The molecule has 1 saturated heterocycles. The van der Waals surface area contributed by atoms with Crippen LogP contribution in [0.15, 0.2) is 0 Å². The first-order chi connectivity index (χ1) is 9.07. The van der Waals surface area contributed by atoms with Gasteiger partial charge in [0, 0.05) is 12.6 Å². The normalized spacial score (nSPS) is 21.0. The van der Waals surface area contributed by atoms with E-state index in [-0.39, 0.29) is 6.04 Å². The van der Waals surface area contributed by atoms with Crippen molar-refractivity contribution in [3.05, 3.63) is 0 Å². The molecule has 5 nitrogen and oxygen atoms in total. The van der Waals surface area contributed by atoms with E-state index < -0.39 is 30.7 Å². The van der Waals surface area contributed by atoms with E-state index in [1.807, 2.05) is 7.05 Å². The second-order valence-corrected chi connectivity index (χ2v) is 6.34. The van der Waals surface area contributed by atoms with Crippen LogP contribution >= 0.6 is 0 Å². The summed E-state index contributed by atoms with van der Waals surface area (Å²) in [4.78, 5) is 13.4. The van der Waals surface area contributed by atoms with E-state index in [2.05, 4.69) is 15.5 Å². The minimum atomic E-state index is -2.99. The number of amides is 1. The van der Waals surface area contributed by atoms with Crippen LogP contribution in [0.4, 0.5) is 13.6 Å². The first-order valence-corrected chi connectivity index (χ1v) is 6.84. The second-order valence-electron chi connectivity index (χ2n) is 6.34. The van der Waals surface area contributed by atoms with Crippen molar-refractivity contribution in [2.75, 3.05) is 33.2 Å². The van der Waals surface area contributed by atoms with Crippen molar-refractivity contribution in [2.45, 2.75) is 44.8 Å². The number of likely N-dealkylation sites (tertiary alicyclic amines) is 1. The summed E-state index contributed by atoms with van der Waals surface area (Å²) >= 11 is 0. The molecule has 1 fully saturated rings. The van der Waals surface area contributed by atoms with Gasteiger partial charge in [-0.15, -0.1) is 0 Å². The summed E-state index contributed by atoms with van der Waals surface area (Å²) in [5.74, 6) is -2.99. The number of nitrogens with zero attached hydrogens (tertiary/aromatic N) is 1. The molecule has 0 radical (unpaired) electrons. The molecular formula is C13H25F2N3O2. The Labute approximate surface area is 119 Å². The number of hydrogen-bond donors (Lipinski definition) is 2. The molecule has 0 saturated carbocycles. The maximum Gasteiger partial charge on any atom is 0.407 e. The molecule has 118 valence electrons. The fraction of sp³-hybridized carbons (Fsp3) is 0.923. The number of alkyl carbamates (subject to hydrolysis) is 1. The van der Waals surface area contributed by atoms with Gasteiger partial charge in [0.15, 0.2) is 0 Å². The molecule has 1 aliphatic rings. The molecule has 7 heteroatoms. The lowest BCUT2D eigenvalue weighted by atomic mass is 10.2. The minimum Gasteiger partial charge on any atom is -0.444 e. The summed E-state index contributed by atoms with van der Waals surface area (Å²) in [6.45, 7) is 5.57. The molecule has 0 spiro atoms. The van der Waals surface area contributed by atoms with E-state index in [9.17, 15) is 13.6 Å². The topological polar surface area (TPSA) is 53.6 Å². The van der Waals surface area contributed by atoms with Gasteiger partial charge in [0.25, 0.3) is 5.92 Å². The maximum atomic E-state index is 13.6. The number of carbonyl (C=O) groups is 1. The van der Waals surface area contributed by atoms with E-state index in [0.29, 0.717) is 0 Å². The SMILES string of the molecule is CN1CCC(NCC(F)(F)CNC(=O)OC(C)(C)C)C1. The van der Waals surface area contributed by atoms with Crippen molar-refractivity contribution < 1.29 is 18.3 Å². The van der Waals surface area contributed by atoms with Crippen LogP contribution in [0.25, 0.3) is 0 Å². The van der Waals surface area contributed by atoms with Crippen LogP contribution in [0.3, 0.4) is 0 Å². The molecule has 1 unspecified atom stereocenters. The van der Waals surface area contributed by atoms with Gasteiger partial charge in [-0.3, -0.25) is 0 Å². The molecule has 0 aromatic rings. The molecule has 1 rings (SSSR count). The zero-order chi connectivity index (χ0) is 15.4. The number of halogens is 2. The molecule has 1 heterocycles. The van der Waals surface area contributed by atoms with E-state index in [0.717, 1.165) is 19.5 Å². The van der Waals surface area contributed by atoms with E-state index >= 15 is 0 Å². The van der Waals surface area contributed by atoms with Crippen molar-refractivity contribution in [1.82, 2.24) is 15.5 Å². The van der Waals surface area contributed by atoms with Crippen LogP contribution in [0.1, 0.15) is 27.2 Å². The second kappa shape index (κ2) is 6.67. The van der Waals surface area contributed by atoms with Crippen LogP contribution in [0.2, 0.25) is 0 Å². The highest BCUT2D eigenvalue weighted by Gasteiger charge is 2.32. The number of rotatable bonds is 5. The van der Waals surface area contributed by atoms with E-state index in [1.165, 1.54) is 0 Å². The number of hydrogen-bond acceptors (Lipinski definition) is 4. The van der Waals surface area contributed by atoms with Gasteiger partial charge in [-0.1, -0.05) is 0 Å². The average Bonchev–Trinajstić information content (AvgIpc) is 2.68. The Balaban J connectivity index is 2.25. The Morgan fingerprint density at radius 1 is 1.35 bits per heavy atom. The molecule has 0 aromatic heterocycles. The molecule has 2 N–H and O–H groups in total. The number of carbonyl (C=O) groups excluding carboxylic acids is 1. The fourth-order valence-corrected chi connectivity index (χ4v) is 1.97. The first-order valence-electron chi connectivity index (χ1n) is 6.84. The number of alkyl halides is 2. The highest BCUT2D eigenvalue weighted by atomic mass is 19.3. The monoisotopic (exact) mass is 293 g/mol. The number of likely N-dealkylation sites (N-methyl/N-ethyl adjacent to an activating group) is 1. The maximum absolute atomic E-state index is 13.6. The van der Waals surface area contributed by atoms with Gasteiger partial charge < -0.3 is 20.3 Å². The predicted octanol–water partition coefficient (Wildman–Crippen LogP) is 1.44. The lowest BCUT2D eigenvalue weighted by Gasteiger charge is -2.23. The van der Waals surface area contributed by atoms with Gasteiger partial charge in [-0.05, 0) is 40.8 Å². The van der Waals surface area contributed by atoms with Crippen molar-refractivity contribution in [3.8, 4) is 0 Å². The average molecular weight is 293 g/mol. The Kier molecular flexibility index (Phi) is 5.70. The highest BCUT2D eigenvalue weighted by Crippen LogP contribution is 2.14. The van der Waals surface area contributed by atoms with Gasteiger partial charge in [-0.25, -0.2) is 13.6 Å². The lowest BCUT2D eigenvalue weighted by molar-refractivity contribution is -0.00531. The Bertz CT molecular complexity index is 332. The minimum absolute atomic E-state index is 0.0902. The zero-order valence-corrected chi connectivity index (χ0v) is 12.6. The third-order valence-electron chi connectivity index (χ3n) is 2.93. The molecule has 0 bridgehead atoms. The highest BCUT2D eigenvalue weighted by molar-refractivity contribution is 5.67. The van der Waals surface area contributed by atoms with E-state index in [1.54, 1.807) is 20.8 Å². The molecule has 1 atom stereocenters. The van der Waals surface area contributed by atoms with Crippen molar-refractivity contribution in [2.24, 2.45) is 0 Å². The van der Waals surface area contributed by atoms with Gasteiger partial charge in [-0.2, -0.15) is 0 Å². The molecular weight excluding hydrogens is 268 g/mol. The third-order valence-corrected chi connectivity index (χ3v) is 2.93. The van der Waals surface area contributed by atoms with Crippen LogP contribution in [-0.4, -0.2) is 61.8 Å². The summed E-state index contributed by atoms with van der Waals surface area (Å²) in [5.41, 5.74) is -0.688. The summed E-state index contributed by atoms with van der Waals surface area (Å²) in [6.07, 6.45) is 0.0456. The third kappa shape index (κ3) is 7.00. The molecule has 20 heavy (non-hydrogen) atoms. The molecule has 0 aliphatic carbocycles. The van der Waals surface area contributed by atoms with Gasteiger partial charge >= 0.3 is 6.09 Å². The largest absolute Gasteiger partial charge is 0.444 e. The van der Waals surface area contributed by atoms with Crippen molar-refractivity contribution >= 4 is 6.09 Å². The van der Waals surface area contributed by atoms with Crippen LogP contribution < -0.4 is 10.6 Å². The first kappa shape index (κ1) is 17.1. The number of ether oxygens (including phenoxy) is 1. The fourth-order valence-electron chi connectivity index (χ4n) is 1.97. The van der Waals surface area contributed by atoms with Gasteiger partial charge in [0.1, 0.15) is 5.60 Å². The van der Waals surface area contributed by atoms with Crippen molar-refractivity contribution in [1.29, 1.82) is 0 Å². The summed E-state index contributed by atoms with van der Waals surface area (Å²) in [7, 11) is 1.96. The molecule has 0 aromatic carbocycles. The Hall–Kier alpha value is -0.950. The smallest absolute Gasteiger partial charge is 0.407 e. The summed E-state index contributed by atoms with van der Waals surface area (Å²) in [6, 6.07) is 0.0902. The van der Waals surface area contributed by atoms with Crippen molar-refractivity contribution in [3.63, 3.8) is 0 Å². The van der Waals surface area contributed by atoms with Crippen LogP contribution in [0, 0.1) is 0 Å². The predicted molar refractivity (Wildman–Crippen MR) is 73.1 cm³/mol. The standard InChI is InChI=1S/C13H25F2N3O2/c1-12(2,3)20-11(19)17-9-13(14,15)8-16-10-5-6-18(4)7-10/h10,16H,5-9H2,1-4H3,(H,17,19). The van der Waals surface area contributed by atoms with Crippen LogP contribution in [-0.2, 0) is 4.74 Å². The van der Waals surface area contributed by atoms with Crippen LogP contribution in [0.5, 0.6) is 0 Å². The zero-order valence-electron chi connectivity index (χ0n) is 12.6. The van der Waals surface area contributed by atoms with Gasteiger partial charge in [0.2, 0.25) is 0 Å². The summed E-state index contributed by atoms with van der Waals surface area (Å²) in [5, 5.41) is 4.94. The molecule has 1 aliphatic heterocycles. The Morgan fingerprint density at radius 3 is 2.50 bits per heavy atom. The van der Waals surface area contributed by atoms with Gasteiger partial charge in [0.05, 0.1) is 13.1 Å². The molecule has 1 amide bonds. The Morgan fingerprint density at radius 2 is 2.00 bits per heavy atom. The lowest BCUT2D eigenvalue weighted by Crippen LogP contribution is -2.47.